The van der Waals surface area contributed by atoms with Crippen LogP contribution in [0.5, 0.6) is 0 Å². The molecule has 0 aliphatic carbocycles. The second kappa shape index (κ2) is 24.2. The lowest BCUT2D eigenvalue weighted by molar-refractivity contribution is 0.523. The molecule has 0 bridgehead atoms. The van der Waals surface area contributed by atoms with E-state index >= 15 is 0 Å². The van der Waals surface area contributed by atoms with Crippen LogP contribution < -0.4 is 0 Å². The van der Waals surface area contributed by atoms with E-state index in [0.29, 0.717) is 6.54 Å². The SMILES string of the molecule is O=C=NCCCCCCCCCCCCCCCCCCCCC[SiH](Cl)Cl. The highest BCUT2D eigenvalue weighted by molar-refractivity contribution is 7.33. The Morgan fingerprint density at radius 2 is 0.815 bits per heavy atom. The van der Waals surface area contributed by atoms with Crippen molar-refractivity contribution in [2.45, 2.75) is 128 Å². The van der Waals surface area contributed by atoms with E-state index in [9.17, 15) is 4.79 Å². The predicted molar refractivity (Wildman–Crippen MR) is 124 cm³/mol. The standard InChI is InChI=1S/C22H43Cl2NOSi/c23-27(24)21-19-17-15-13-11-9-7-5-3-1-2-4-6-8-10-12-14-16-18-20-25-22-26/h27H,1-21H2. The summed E-state index contributed by atoms with van der Waals surface area (Å²) in [5.74, 6) is 0. The zero-order valence-corrected chi connectivity index (χ0v) is 20.2. The summed E-state index contributed by atoms with van der Waals surface area (Å²) in [5, 5.41) is 0. The fourth-order valence-electron chi connectivity index (χ4n) is 3.54. The molecule has 0 unspecified atom stereocenters. The van der Waals surface area contributed by atoms with E-state index < -0.39 is 7.42 Å². The van der Waals surface area contributed by atoms with Gasteiger partial charge in [0, 0.05) is 0 Å². The van der Waals surface area contributed by atoms with Gasteiger partial charge in [-0.15, -0.1) is 0 Å². The molecule has 5 heteroatoms. The van der Waals surface area contributed by atoms with E-state index in [0.717, 1.165) is 12.5 Å². The van der Waals surface area contributed by atoms with Gasteiger partial charge in [0.2, 0.25) is 13.5 Å². The molecule has 0 aromatic carbocycles. The van der Waals surface area contributed by atoms with Gasteiger partial charge in [0.25, 0.3) is 0 Å². The Balaban J connectivity index is 3.00. The van der Waals surface area contributed by atoms with Crippen molar-refractivity contribution in [3.05, 3.63) is 0 Å². The van der Waals surface area contributed by atoms with Gasteiger partial charge in [0.1, 0.15) is 0 Å². The highest BCUT2D eigenvalue weighted by Gasteiger charge is 2.00. The first-order valence-electron chi connectivity index (χ1n) is 11.6. The number of hydrogen-bond donors (Lipinski definition) is 0. The maximum atomic E-state index is 9.92. The summed E-state index contributed by atoms with van der Waals surface area (Å²) in [6.45, 7) is 0.662. The fraction of sp³-hybridized carbons (Fsp3) is 0.955. The van der Waals surface area contributed by atoms with Crippen molar-refractivity contribution in [2.75, 3.05) is 6.54 Å². The van der Waals surface area contributed by atoms with Crippen molar-refractivity contribution in [2.24, 2.45) is 4.99 Å². The molecule has 0 aliphatic rings. The summed E-state index contributed by atoms with van der Waals surface area (Å²) in [7, 11) is -1.34. The summed E-state index contributed by atoms with van der Waals surface area (Å²) >= 11 is 11.7. The van der Waals surface area contributed by atoms with Crippen molar-refractivity contribution < 1.29 is 4.79 Å². The van der Waals surface area contributed by atoms with Crippen molar-refractivity contribution in [3.8, 4) is 0 Å². The Kier molecular flexibility index (Phi) is 24.4. The maximum absolute atomic E-state index is 9.92. The number of halogens is 2. The molecule has 0 saturated carbocycles. The molecule has 0 aromatic rings. The van der Waals surface area contributed by atoms with Crippen LogP contribution in [0.4, 0.5) is 0 Å². The number of hydrogen-bond acceptors (Lipinski definition) is 2. The van der Waals surface area contributed by atoms with Gasteiger partial charge in [-0.1, -0.05) is 116 Å². The molecule has 0 rings (SSSR count). The fourth-order valence-corrected chi connectivity index (χ4v) is 5.06. The van der Waals surface area contributed by atoms with Crippen molar-refractivity contribution in [1.82, 2.24) is 0 Å². The number of isocyanates is 1. The number of rotatable bonds is 22. The average molecular weight is 437 g/mol. The maximum Gasteiger partial charge on any atom is 0.237 e. The highest BCUT2D eigenvalue weighted by atomic mass is 35.7. The van der Waals surface area contributed by atoms with Crippen LogP contribution in [0.1, 0.15) is 122 Å². The third-order valence-corrected chi connectivity index (χ3v) is 7.41. The van der Waals surface area contributed by atoms with Gasteiger partial charge >= 0.3 is 0 Å². The molecule has 0 amide bonds. The van der Waals surface area contributed by atoms with Crippen LogP contribution in [-0.2, 0) is 4.79 Å². The molecule has 0 fully saturated rings. The Labute approximate surface area is 179 Å². The molecule has 0 heterocycles. The summed E-state index contributed by atoms with van der Waals surface area (Å²) < 4.78 is 0. The second-order valence-electron chi connectivity index (χ2n) is 7.87. The lowest BCUT2D eigenvalue weighted by atomic mass is 10.0. The summed E-state index contributed by atoms with van der Waals surface area (Å²) in [4.78, 5) is 13.5. The third-order valence-electron chi connectivity index (χ3n) is 5.26. The van der Waals surface area contributed by atoms with Gasteiger partial charge in [0.15, 0.2) is 0 Å². The van der Waals surface area contributed by atoms with Crippen LogP contribution in [0.2, 0.25) is 6.04 Å². The smallest absolute Gasteiger partial charge is 0.211 e. The molecule has 0 spiro atoms. The summed E-state index contributed by atoms with van der Waals surface area (Å²) in [6, 6.07) is 1.09. The van der Waals surface area contributed by atoms with Gasteiger partial charge in [-0.2, -0.15) is 22.2 Å². The Hall–Kier alpha value is 0.177. The molecule has 0 aliphatic heterocycles. The predicted octanol–water partition coefficient (Wildman–Crippen LogP) is 8.43. The van der Waals surface area contributed by atoms with E-state index in [-0.39, 0.29) is 0 Å². The largest absolute Gasteiger partial charge is 0.237 e. The van der Waals surface area contributed by atoms with E-state index in [1.165, 1.54) is 116 Å². The van der Waals surface area contributed by atoms with Crippen LogP contribution in [-0.4, -0.2) is 20.0 Å². The number of unbranched alkanes of at least 4 members (excludes halogenated alkanes) is 18. The summed E-state index contributed by atoms with van der Waals surface area (Å²) in [5.41, 5.74) is 0. The molecule has 0 radical (unpaired) electrons. The van der Waals surface area contributed by atoms with E-state index in [4.69, 9.17) is 22.2 Å². The number of aliphatic imine (C=N–C) groups is 1. The molecule has 2 nitrogen and oxygen atoms in total. The monoisotopic (exact) mass is 435 g/mol. The molecule has 0 saturated heterocycles. The molecule has 0 N–H and O–H groups in total. The molecule has 0 atom stereocenters. The molecular formula is C22H43Cl2NOSi. The van der Waals surface area contributed by atoms with Crippen molar-refractivity contribution >= 4 is 35.7 Å². The van der Waals surface area contributed by atoms with Gasteiger partial charge in [0.05, 0.1) is 6.54 Å². The van der Waals surface area contributed by atoms with Crippen LogP contribution in [0.3, 0.4) is 0 Å². The average Bonchev–Trinajstić information content (AvgIpc) is 2.65. The molecule has 160 valence electrons. The highest BCUT2D eigenvalue weighted by Crippen LogP contribution is 2.15. The van der Waals surface area contributed by atoms with Crippen molar-refractivity contribution in [1.29, 1.82) is 0 Å². The molecule has 0 aromatic heterocycles. The van der Waals surface area contributed by atoms with Gasteiger partial charge < -0.3 is 0 Å². The topological polar surface area (TPSA) is 29.4 Å². The Morgan fingerprint density at radius 3 is 1.11 bits per heavy atom. The first kappa shape index (κ1) is 27.2. The van der Waals surface area contributed by atoms with E-state index in [2.05, 4.69) is 4.99 Å². The van der Waals surface area contributed by atoms with E-state index in [1.54, 1.807) is 6.08 Å². The lowest BCUT2D eigenvalue weighted by Gasteiger charge is -2.04. The molecule has 27 heavy (non-hydrogen) atoms. The van der Waals surface area contributed by atoms with Crippen molar-refractivity contribution in [3.63, 3.8) is 0 Å². The third kappa shape index (κ3) is 26.2. The number of nitrogens with zero attached hydrogens (tertiary/aromatic N) is 1. The number of carbonyl (C=O) groups excluding carboxylic acids is 1. The minimum absolute atomic E-state index is 0.662. The first-order chi connectivity index (χ1) is 13.3. The second-order valence-corrected chi connectivity index (χ2v) is 13.1. The zero-order valence-electron chi connectivity index (χ0n) is 17.5. The van der Waals surface area contributed by atoms with Crippen LogP contribution in [0, 0.1) is 0 Å². The lowest BCUT2D eigenvalue weighted by Crippen LogP contribution is -1.91. The minimum Gasteiger partial charge on any atom is -0.211 e. The first-order valence-corrected chi connectivity index (χ1v) is 15.9. The van der Waals surface area contributed by atoms with Crippen LogP contribution in [0.15, 0.2) is 4.99 Å². The zero-order chi connectivity index (χ0) is 19.8. The molecular weight excluding hydrogens is 393 g/mol. The quantitative estimate of drug-likeness (QED) is 0.0550. The summed E-state index contributed by atoms with van der Waals surface area (Å²) in [6.07, 6.45) is 27.4. The minimum atomic E-state index is -1.34. The van der Waals surface area contributed by atoms with Crippen LogP contribution >= 0.6 is 22.2 Å². The van der Waals surface area contributed by atoms with Gasteiger partial charge in [-0.3, -0.25) is 0 Å². The normalized spacial score (nSPS) is 11.1. The van der Waals surface area contributed by atoms with Gasteiger partial charge in [-0.05, 0) is 12.5 Å². The Bertz CT molecular complexity index is 336. The Morgan fingerprint density at radius 1 is 0.519 bits per heavy atom. The van der Waals surface area contributed by atoms with Crippen LogP contribution in [0.25, 0.3) is 0 Å². The van der Waals surface area contributed by atoms with Gasteiger partial charge in [-0.25, -0.2) is 9.79 Å². The van der Waals surface area contributed by atoms with E-state index in [1.807, 2.05) is 0 Å².